The van der Waals surface area contributed by atoms with E-state index in [2.05, 4.69) is 26.2 Å². The van der Waals surface area contributed by atoms with Crippen molar-refractivity contribution in [2.24, 2.45) is 0 Å². The SMILES string of the molecule is Cc1ccc(C(=O)Nc2ccc(-c3cc4c(cc3Br)OCO4)c(N)n2)cc1. The van der Waals surface area contributed by atoms with Crippen LogP contribution in [-0.4, -0.2) is 17.7 Å². The summed E-state index contributed by atoms with van der Waals surface area (Å²) in [5.74, 6) is 1.79. The molecule has 0 atom stereocenters. The van der Waals surface area contributed by atoms with E-state index in [1.165, 1.54) is 0 Å². The van der Waals surface area contributed by atoms with Gasteiger partial charge in [0.2, 0.25) is 6.79 Å². The van der Waals surface area contributed by atoms with Gasteiger partial charge in [0.25, 0.3) is 5.91 Å². The van der Waals surface area contributed by atoms with E-state index in [1.54, 1.807) is 18.2 Å². The molecular formula is C20H16BrN3O3. The van der Waals surface area contributed by atoms with Gasteiger partial charge in [-0.1, -0.05) is 33.6 Å². The third-order valence-electron chi connectivity index (χ3n) is 4.23. The van der Waals surface area contributed by atoms with Crippen LogP contribution in [0, 0.1) is 6.92 Å². The highest BCUT2D eigenvalue weighted by molar-refractivity contribution is 9.10. The summed E-state index contributed by atoms with van der Waals surface area (Å²) in [6.07, 6.45) is 0. The number of rotatable bonds is 3. The number of nitrogen functional groups attached to an aromatic ring is 1. The minimum absolute atomic E-state index is 0.197. The Morgan fingerprint density at radius 3 is 2.48 bits per heavy atom. The number of anilines is 2. The first-order valence-electron chi connectivity index (χ1n) is 8.25. The number of amides is 1. The van der Waals surface area contributed by atoms with Crippen molar-refractivity contribution in [1.82, 2.24) is 4.98 Å². The Morgan fingerprint density at radius 1 is 1.07 bits per heavy atom. The molecule has 0 radical (unpaired) electrons. The zero-order valence-electron chi connectivity index (χ0n) is 14.5. The molecule has 1 aliphatic heterocycles. The van der Waals surface area contributed by atoms with Crippen LogP contribution in [0.4, 0.5) is 11.6 Å². The summed E-state index contributed by atoms with van der Waals surface area (Å²) >= 11 is 3.53. The maximum atomic E-state index is 12.3. The Kier molecular flexibility index (Phi) is 4.45. The van der Waals surface area contributed by atoms with Crippen LogP contribution in [0.3, 0.4) is 0 Å². The molecule has 0 aliphatic carbocycles. The number of hydrogen-bond acceptors (Lipinski definition) is 5. The first-order chi connectivity index (χ1) is 13.0. The number of nitrogens with one attached hydrogen (secondary N) is 1. The first kappa shape index (κ1) is 17.4. The molecule has 0 saturated carbocycles. The van der Waals surface area contributed by atoms with Gasteiger partial charge >= 0.3 is 0 Å². The number of hydrogen-bond donors (Lipinski definition) is 2. The van der Waals surface area contributed by atoms with E-state index < -0.39 is 0 Å². The molecule has 7 heteroatoms. The van der Waals surface area contributed by atoms with Crippen LogP contribution in [0.2, 0.25) is 0 Å². The van der Waals surface area contributed by atoms with Crippen LogP contribution in [0.1, 0.15) is 15.9 Å². The second-order valence-corrected chi connectivity index (χ2v) is 6.99. The van der Waals surface area contributed by atoms with E-state index in [9.17, 15) is 4.79 Å². The summed E-state index contributed by atoms with van der Waals surface area (Å²) < 4.78 is 11.6. The molecular weight excluding hydrogens is 410 g/mol. The van der Waals surface area contributed by atoms with E-state index in [0.29, 0.717) is 28.7 Å². The highest BCUT2D eigenvalue weighted by atomic mass is 79.9. The third-order valence-corrected chi connectivity index (χ3v) is 4.89. The van der Waals surface area contributed by atoms with Crippen molar-refractivity contribution in [3.63, 3.8) is 0 Å². The van der Waals surface area contributed by atoms with Gasteiger partial charge in [0, 0.05) is 21.2 Å². The van der Waals surface area contributed by atoms with Crippen LogP contribution in [0.15, 0.2) is 53.0 Å². The van der Waals surface area contributed by atoms with Gasteiger partial charge in [0.05, 0.1) is 0 Å². The first-order valence-corrected chi connectivity index (χ1v) is 9.04. The molecule has 2 aromatic carbocycles. The summed E-state index contributed by atoms with van der Waals surface area (Å²) in [7, 11) is 0. The van der Waals surface area contributed by atoms with E-state index in [-0.39, 0.29) is 12.7 Å². The number of carbonyl (C=O) groups excluding carboxylic acids is 1. The second-order valence-electron chi connectivity index (χ2n) is 6.13. The van der Waals surface area contributed by atoms with Gasteiger partial charge in [-0.3, -0.25) is 4.79 Å². The highest BCUT2D eigenvalue weighted by Crippen LogP contribution is 2.42. The van der Waals surface area contributed by atoms with Crippen molar-refractivity contribution >= 4 is 33.5 Å². The van der Waals surface area contributed by atoms with Crippen molar-refractivity contribution in [1.29, 1.82) is 0 Å². The molecule has 1 amide bonds. The van der Waals surface area contributed by atoms with Gasteiger partial charge in [0.1, 0.15) is 11.6 Å². The molecule has 6 nitrogen and oxygen atoms in total. The highest BCUT2D eigenvalue weighted by Gasteiger charge is 2.19. The number of aromatic nitrogens is 1. The molecule has 136 valence electrons. The molecule has 2 heterocycles. The van der Waals surface area contributed by atoms with Crippen molar-refractivity contribution in [3.8, 4) is 22.6 Å². The van der Waals surface area contributed by atoms with E-state index in [0.717, 1.165) is 21.2 Å². The molecule has 0 fully saturated rings. The number of ether oxygens (including phenoxy) is 2. The number of nitrogens with zero attached hydrogens (tertiary/aromatic N) is 1. The number of nitrogens with two attached hydrogens (primary N) is 1. The van der Waals surface area contributed by atoms with E-state index >= 15 is 0 Å². The number of pyridine rings is 1. The van der Waals surface area contributed by atoms with Gasteiger partial charge < -0.3 is 20.5 Å². The fraction of sp³-hybridized carbons (Fsp3) is 0.100. The Labute approximate surface area is 164 Å². The standard InChI is InChI=1S/C20H16BrN3O3/c1-11-2-4-12(5-3-11)20(25)24-18-7-6-13(19(22)23-18)14-8-16-17(9-15(14)21)27-10-26-16/h2-9H,10H2,1H3,(H3,22,23,24,25). The molecule has 0 spiro atoms. The molecule has 3 N–H and O–H groups in total. The Morgan fingerprint density at radius 2 is 1.78 bits per heavy atom. The second kappa shape index (κ2) is 6.92. The van der Waals surface area contributed by atoms with E-state index in [4.69, 9.17) is 15.2 Å². The molecule has 0 unspecified atom stereocenters. The van der Waals surface area contributed by atoms with Gasteiger partial charge in [-0.2, -0.15) is 0 Å². The topological polar surface area (TPSA) is 86.5 Å². The maximum absolute atomic E-state index is 12.3. The number of carbonyl (C=O) groups is 1. The molecule has 3 aromatic rings. The minimum Gasteiger partial charge on any atom is -0.454 e. The summed E-state index contributed by atoms with van der Waals surface area (Å²) in [6, 6.07) is 14.5. The molecule has 4 rings (SSSR count). The molecule has 0 saturated heterocycles. The zero-order chi connectivity index (χ0) is 19.0. The molecule has 27 heavy (non-hydrogen) atoms. The van der Waals surface area contributed by atoms with Gasteiger partial charge in [0.15, 0.2) is 11.5 Å². The quantitative estimate of drug-likeness (QED) is 0.649. The summed E-state index contributed by atoms with van der Waals surface area (Å²) in [6.45, 7) is 2.17. The number of fused-ring (bicyclic) bond motifs is 1. The number of aryl methyl sites for hydroxylation is 1. The number of halogens is 1. The average molecular weight is 426 g/mol. The van der Waals surface area contributed by atoms with Crippen molar-refractivity contribution in [3.05, 3.63) is 64.1 Å². The van der Waals surface area contributed by atoms with Crippen molar-refractivity contribution in [2.45, 2.75) is 6.92 Å². The summed E-state index contributed by atoms with van der Waals surface area (Å²) in [5, 5.41) is 2.77. The predicted octanol–water partition coefficient (Wildman–Crippen LogP) is 4.38. The average Bonchev–Trinajstić information content (AvgIpc) is 3.09. The van der Waals surface area contributed by atoms with Crippen LogP contribution < -0.4 is 20.5 Å². The van der Waals surface area contributed by atoms with Crippen molar-refractivity contribution < 1.29 is 14.3 Å². The van der Waals surface area contributed by atoms with Gasteiger partial charge in [-0.25, -0.2) is 4.98 Å². The lowest BCUT2D eigenvalue weighted by Crippen LogP contribution is -2.13. The minimum atomic E-state index is -0.237. The Hall–Kier alpha value is -3.06. The van der Waals surface area contributed by atoms with E-state index in [1.807, 2.05) is 37.3 Å². The molecule has 1 aromatic heterocycles. The lowest BCUT2D eigenvalue weighted by molar-refractivity contribution is 0.102. The Bertz CT molecular complexity index is 1040. The fourth-order valence-corrected chi connectivity index (χ4v) is 3.33. The van der Waals surface area contributed by atoms with Crippen LogP contribution in [-0.2, 0) is 0 Å². The monoisotopic (exact) mass is 425 g/mol. The largest absolute Gasteiger partial charge is 0.454 e. The molecule has 0 bridgehead atoms. The number of benzene rings is 2. The third kappa shape index (κ3) is 3.46. The smallest absolute Gasteiger partial charge is 0.256 e. The zero-order valence-corrected chi connectivity index (χ0v) is 16.0. The fourth-order valence-electron chi connectivity index (χ4n) is 2.79. The lowest BCUT2D eigenvalue weighted by Gasteiger charge is -2.11. The lowest BCUT2D eigenvalue weighted by atomic mass is 10.1. The maximum Gasteiger partial charge on any atom is 0.256 e. The van der Waals surface area contributed by atoms with Crippen LogP contribution in [0.5, 0.6) is 11.5 Å². The van der Waals surface area contributed by atoms with Crippen molar-refractivity contribution in [2.75, 3.05) is 17.8 Å². The van der Waals surface area contributed by atoms with Crippen LogP contribution in [0.25, 0.3) is 11.1 Å². The summed E-state index contributed by atoms with van der Waals surface area (Å²) in [5.41, 5.74) is 9.36. The van der Waals surface area contributed by atoms with Gasteiger partial charge in [-0.05, 0) is 43.3 Å². The van der Waals surface area contributed by atoms with Gasteiger partial charge in [-0.15, -0.1) is 0 Å². The Balaban J connectivity index is 1.60. The normalized spacial score (nSPS) is 12.1. The molecule has 1 aliphatic rings. The van der Waals surface area contributed by atoms with Crippen LogP contribution >= 0.6 is 15.9 Å². The summed E-state index contributed by atoms with van der Waals surface area (Å²) in [4.78, 5) is 16.7. The predicted molar refractivity (Wildman–Crippen MR) is 107 cm³/mol.